The summed E-state index contributed by atoms with van der Waals surface area (Å²) in [5, 5.41) is 0. The molecule has 1 amide bonds. The highest BCUT2D eigenvalue weighted by Gasteiger charge is 2.26. The molecule has 0 saturated carbocycles. The van der Waals surface area contributed by atoms with E-state index >= 15 is 0 Å². The van der Waals surface area contributed by atoms with Gasteiger partial charge in [-0.25, -0.2) is 4.98 Å². The minimum absolute atomic E-state index is 0.0496. The second-order valence-electron chi connectivity index (χ2n) is 6.51. The van der Waals surface area contributed by atoms with Gasteiger partial charge in [-0.3, -0.25) is 4.79 Å². The lowest BCUT2D eigenvalue weighted by Gasteiger charge is -2.31. The van der Waals surface area contributed by atoms with Gasteiger partial charge in [-0.1, -0.05) is 37.3 Å². The average Bonchev–Trinajstić information content (AvgIpc) is 3.12. The van der Waals surface area contributed by atoms with Gasteiger partial charge in [0.1, 0.15) is 6.26 Å². The van der Waals surface area contributed by atoms with Crippen LogP contribution in [0, 0.1) is 5.92 Å². The highest BCUT2D eigenvalue weighted by molar-refractivity contribution is 5.92. The number of oxazole rings is 1. The quantitative estimate of drug-likeness (QED) is 0.915. The summed E-state index contributed by atoms with van der Waals surface area (Å²) in [6, 6.07) is 10.3. The van der Waals surface area contributed by atoms with E-state index in [1.54, 1.807) is 0 Å². The van der Waals surface area contributed by atoms with E-state index in [1.807, 2.05) is 17.9 Å². The molecule has 1 atom stereocenters. The summed E-state index contributed by atoms with van der Waals surface area (Å²) in [6.45, 7) is 3.52. The van der Waals surface area contributed by atoms with Crippen LogP contribution in [-0.4, -0.2) is 28.9 Å². The van der Waals surface area contributed by atoms with Crippen molar-refractivity contribution in [1.82, 2.24) is 9.88 Å². The third-order valence-corrected chi connectivity index (χ3v) is 4.77. The average molecular weight is 327 g/mol. The van der Waals surface area contributed by atoms with Gasteiger partial charge in [-0.15, -0.1) is 0 Å². The smallest absolute Gasteiger partial charge is 0.275 e. The number of piperidine rings is 1. The van der Waals surface area contributed by atoms with E-state index in [4.69, 9.17) is 10.2 Å². The first-order valence-electron chi connectivity index (χ1n) is 8.71. The first-order chi connectivity index (χ1) is 11.7. The molecule has 128 valence electrons. The fraction of sp³-hybridized carbons (Fsp3) is 0.474. The van der Waals surface area contributed by atoms with Crippen LogP contribution in [0.15, 0.2) is 41.0 Å². The molecule has 0 bridgehead atoms. The molecule has 0 radical (unpaired) electrons. The molecule has 1 aromatic carbocycles. The summed E-state index contributed by atoms with van der Waals surface area (Å²) in [5.41, 5.74) is 7.64. The summed E-state index contributed by atoms with van der Waals surface area (Å²) in [7, 11) is 0. The van der Waals surface area contributed by atoms with Gasteiger partial charge in [-0.2, -0.15) is 0 Å². The van der Waals surface area contributed by atoms with Gasteiger partial charge in [0, 0.05) is 13.1 Å². The van der Waals surface area contributed by atoms with E-state index in [0.29, 0.717) is 17.5 Å². The largest absolute Gasteiger partial charge is 0.446 e. The van der Waals surface area contributed by atoms with Crippen LogP contribution in [0.4, 0.5) is 0 Å². The second kappa shape index (κ2) is 7.62. The van der Waals surface area contributed by atoms with Crippen molar-refractivity contribution in [3.05, 3.63) is 53.7 Å². The summed E-state index contributed by atoms with van der Waals surface area (Å²) in [5.74, 6) is 1.03. The maximum absolute atomic E-state index is 12.6. The van der Waals surface area contributed by atoms with E-state index in [0.717, 1.165) is 38.8 Å². The van der Waals surface area contributed by atoms with Crippen LogP contribution in [0.2, 0.25) is 0 Å². The molecule has 1 aromatic heterocycles. The van der Waals surface area contributed by atoms with E-state index in [2.05, 4.69) is 29.2 Å². The predicted octanol–water partition coefficient (Wildman–Crippen LogP) is 3.18. The van der Waals surface area contributed by atoms with E-state index in [9.17, 15) is 4.79 Å². The molecule has 5 heteroatoms. The Kier molecular flexibility index (Phi) is 5.30. The molecular formula is C19H25N3O2. The number of amides is 1. The van der Waals surface area contributed by atoms with Crippen molar-refractivity contribution in [3.63, 3.8) is 0 Å². The van der Waals surface area contributed by atoms with Gasteiger partial charge in [-0.05, 0) is 37.2 Å². The molecule has 1 saturated heterocycles. The number of likely N-dealkylation sites (tertiary alicyclic amines) is 1. The lowest BCUT2D eigenvalue weighted by Crippen LogP contribution is -2.39. The van der Waals surface area contributed by atoms with Gasteiger partial charge in [0.15, 0.2) is 5.69 Å². The summed E-state index contributed by atoms with van der Waals surface area (Å²) < 4.78 is 5.35. The molecule has 2 N–H and O–H groups in total. The SMILES string of the molecule is CCC(N)c1nc(C(=O)N2CCC(Cc3ccccc3)CC2)co1. The van der Waals surface area contributed by atoms with E-state index in [-0.39, 0.29) is 11.9 Å². The van der Waals surface area contributed by atoms with Gasteiger partial charge in [0.05, 0.1) is 6.04 Å². The number of benzene rings is 1. The van der Waals surface area contributed by atoms with Crippen LogP contribution in [-0.2, 0) is 6.42 Å². The Morgan fingerprint density at radius 2 is 2.04 bits per heavy atom. The fourth-order valence-electron chi connectivity index (χ4n) is 3.18. The number of hydrogen-bond donors (Lipinski definition) is 1. The highest BCUT2D eigenvalue weighted by Crippen LogP contribution is 2.23. The van der Waals surface area contributed by atoms with Crippen molar-refractivity contribution in [2.45, 2.75) is 38.6 Å². The topological polar surface area (TPSA) is 72.4 Å². The predicted molar refractivity (Wildman–Crippen MR) is 92.5 cm³/mol. The van der Waals surface area contributed by atoms with Gasteiger partial charge in [0.25, 0.3) is 5.91 Å². The molecule has 1 aliphatic rings. The standard InChI is InChI=1S/C19H25N3O2/c1-2-16(20)18-21-17(13-24-18)19(23)22-10-8-15(9-11-22)12-14-6-4-3-5-7-14/h3-7,13,15-16H,2,8-12,20H2,1H3. The van der Waals surface area contributed by atoms with Crippen LogP contribution < -0.4 is 5.73 Å². The summed E-state index contributed by atoms with van der Waals surface area (Å²) in [6.07, 6.45) is 5.31. The molecule has 24 heavy (non-hydrogen) atoms. The minimum Gasteiger partial charge on any atom is -0.446 e. The number of nitrogens with zero attached hydrogens (tertiary/aromatic N) is 2. The zero-order valence-electron chi connectivity index (χ0n) is 14.1. The zero-order valence-corrected chi connectivity index (χ0v) is 14.1. The maximum atomic E-state index is 12.6. The fourth-order valence-corrected chi connectivity index (χ4v) is 3.18. The van der Waals surface area contributed by atoms with E-state index in [1.165, 1.54) is 11.8 Å². The lowest BCUT2D eigenvalue weighted by molar-refractivity contribution is 0.0684. The van der Waals surface area contributed by atoms with Gasteiger partial charge >= 0.3 is 0 Å². The molecule has 2 aromatic rings. The Hall–Kier alpha value is -2.14. The van der Waals surface area contributed by atoms with Crippen molar-refractivity contribution < 1.29 is 9.21 Å². The first kappa shape index (κ1) is 16.7. The zero-order chi connectivity index (χ0) is 16.9. The third-order valence-electron chi connectivity index (χ3n) is 4.77. The number of aromatic nitrogens is 1. The summed E-state index contributed by atoms with van der Waals surface area (Å²) in [4.78, 5) is 18.7. The molecule has 5 nitrogen and oxygen atoms in total. The normalized spacial score (nSPS) is 17.0. The number of carbonyl (C=O) groups is 1. The van der Waals surface area contributed by atoms with Crippen molar-refractivity contribution in [2.24, 2.45) is 11.7 Å². The maximum Gasteiger partial charge on any atom is 0.275 e. The molecule has 2 heterocycles. The summed E-state index contributed by atoms with van der Waals surface area (Å²) >= 11 is 0. The number of carbonyl (C=O) groups excluding carboxylic acids is 1. The van der Waals surface area contributed by atoms with Gasteiger partial charge in [0.2, 0.25) is 5.89 Å². The number of hydrogen-bond acceptors (Lipinski definition) is 4. The first-order valence-corrected chi connectivity index (χ1v) is 8.71. The van der Waals surface area contributed by atoms with Crippen LogP contribution in [0.5, 0.6) is 0 Å². The van der Waals surface area contributed by atoms with E-state index < -0.39 is 0 Å². The van der Waals surface area contributed by atoms with Crippen molar-refractivity contribution in [2.75, 3.05) is 13.1 Å². The van der Waals surface area contributed by atoms with Crippen LogP contribution in [0.3, 0.4) is 0 Å². The second-order valence-corrected chi connectivity index (χ2v) is 6.51. The molecule has 0 spiro atoms. The molecule has 1 unspecified atom stereocenters. The molecular weight excluding hydrogens is 302 g/mol. The molecule has 1 fully saturated rings. The Balaban J connectivity index is 1.54. The van der Waals surface area contributed by atoms with Crippen LogP contribution in [0.25, 0.3) is 0 Å². The monoisotopic (exact) mass is 327 g/mol. The molecule has 0 aliphatic carbocycles. The third kappa shape index (κ3) is 3.85. The Bertz CT molecular complexity index is 660. The Morgan fingerprint density at radius 1 is 1.33 bits per heavy atom. The highest BCUT2D eigenvalue weighted by atomic mass is 16.3. The Labute approximate surface area is 142 Å². The number of nitrogens with two attached hydrogens (primary N) is 1. The van der Waals surface area contributed by atoms with Crippen LogP contribution in [0.1, 0.15) is 54.2 Å². The Morgan fingerprint density at radius 3 is 2.71 bits per heavy atom. The minimum atomic E-state index is -0.247. The van der Waals surface area contributed by atoms with Crippen molar-refractivity contribution in [3.8, 4) is 0 Å². The number of rotatable bonds is 5. The lowest BCUT2D eigenvalue weighted by atomic mass is 9.90. The van der Waals surface area contributed by atoms with Crippen molar-refractivity contribution in [1.29, 1.82) is 0 Å². The van der Waals surface area contributed by atoms with Crippen molar-refractivity contribution >= 4 is 5.91 Å². The van der Waals surface area contributed by atoms with Gasteiger partial charge < -0.3 is 15.1 Å². The van der Waals surface area contributed by atoms with Crippen LogP contribution >= 0.6 is 0 Å². The molecule has 3 rings (SSSR count). The molecule has 1 aliphatic heterocycles.